The first-order chi connectivity index (χ1) is 46.2. The highest BCUT2D eigenvalue weighted by molar-refractivity contribution is 6.06. The molecule has 0 bridgehead atoms. The van der Waals surface area contributed by atoms with Crippen LogP contribution in [0.3, 0.4) is 0 Å². The molecule has 0 amide bonds. The van der Waals surface area contributed by atoms with E-state index in [1.165, 1.54) is 176 Å². The lowest BCUT2D eigenvalue weighted by atomic mass is 9.67. The molecule has 15 rings (SSSR count). The van der Waals surface area contributed by atoms with Crippen molar-refractivity contribution < 1.29 is 66.9 Å². The Morgan fingerprint density at radius 1 is 0.375 bits per heavy atom. The van der Waals surface area contributed by atoms with Crippen molar-refractivity contribution in [3.8, 4) is 0 Å². The molecule has 4 aliphatic heterocycles. The average Bonchev–Trinajstić information content (AvgIpc) is 1.58. The van der Waals surface area contributed by atoms with Crippen LogP contribution in [0.25, 0.3) is 21.5 Å². The minimum atomic E-state index is -4.94. The molecule has 2 atom stereocenters. The van der Waals surface area contributed by atoms with Gasteiger partial charge in [0.1, 0.15) is 14.1 Å². The van der Waals surface area contributed by atoms with E-state index in [0.717, 1.165) is 25.9 Å². The molecule has 2 unspecified atom stereocenters. The number of rotatable bonds is 12. The minimum absolute atomic E-state index is 0.0526. The Morgan fingerprint density at radius 2 is 0.708 bits per heavy atom. The van der Waals surface area contributed by atoms with Crippen LogP contribution in [0.1, 0.15) is 123 Å². The van der Waals surface area contributed by atoms with Crippen molar-refractivity contribution in [3.05, 3.63) is 299 Å². The summed E-state index contributed by atoms with van der Waals surface area (Å²) < 4.78 is 72.9. The highest BCUT2D eigenvalue weighted by Gasteiger charge is 2.52. The second kappa shape index (κ2) is 26.9. The van der Waals surface area contributed by atoms with E-state index in [9.17, 15) is 0 Å². The number of benzene rings is 9. The molecule has 0 aromatic heterocycles. The van der Waals surface area contributed by atoms with E-state index in [-0.39, 0.29) is 21.7 Å². The standard InChI is InChI=1S/C82H80N4.2ClHO4/c1-79(55-59-27-9-5-10-28-59)69-49-47-63-31-13-15-33-65(63)77(69)85(73(79)39-25-41-75-81(51-21-7-22-52-81)67-35-17-19-37-71(67)83(75)3)57-61-43-45-62(46-44-61)58-86-74(40-26-42-76-82(53-23-8-24-54-82)68-36-18-20-38-72(68)84(76)4)80(2,56-60-29-11-6-12-30-60)70-50-48-64-32-14-16-34-66(64)78(70)86;2*2-1(3,4)5/h5-6,9-20,25-50H,7-8,21-24,51-58H2,1-4H3;2*(H,2,3,4,5)/q+2;;/p-2. The predicted molar refractivity (Wildman–Crippen MR) is 360 cm³/mol. The fraction of sp³-hybridized carbons (Fsp3) is 0.268. The van der Waals surface area contributed by atoms with Gasteiger partial charge in [-0.1, -0.05) is 245 Å². The monoisotopic (exact) mass is 1320 g/mol. The number of fused-ring (bicyclic) bond motifs is 10. The Bertz CT molecular complexity index is 4260. The van der Waals surface area contributed by atoms with E-state index >= 15 is 0 Å². The second-order valence-corrected chi connectivity index (χ2v) is 28.6. The van der Waals surface area contributed by atoms with Gasteiger partial charge in [-0.25, -0.2) is 37.3 Å². The second-order valence-electron chi connectivity index (χ2n) is 27.1. The fourth-order valence-electron chi connectivity index (χ4n) is 17.4. The van der Waals surface area contributed by atoms with Gasteiger partial charge in [0, 0.05) is 81.5 Å². The molecule has 0 radical (unpaired) electrons. The van der Waals surface area contributed by atoms with Crippen molar-refractivity contribution in [2.75, 3.05) is 23.9 Å². The summed E-state index contributed by atoms with van der Waals surface area (Å²) in [5.74, 6) is 0. The summed E-state index contributed by atoms with van der Waals surface area (Å²) in [7, 11) is -5.30. The Balaban J connectivity index is 0.000000778. The van der Waals surface area contributed by atoms with Gasteiger partial charge in [-0.05, 0) is 109 Å². The number of anilines is 2. The van der Waals surface area contributed by atoms with Gasteiger partial charge in [-0.15, -0.1) is 20.5 Å². The van der Waals surface area contributed by atoms with E-state index in [2.05, 4.69) is 290 Å². The van der Waals surface area contributed by atoms with Crippen LogP contribution in [0.4, 0.5) is 22.7 Å². The molecular formula is C82H80Cl2N4O8. The van der Waals surface area contributed by atoms with E-state index < -0.39 is 20.5 Å². The molecule has 4 heterocycles. The van der Waals surface area contributed by atoms with Gasteiger partial charge in [0.05, 0.1) is 22.2 Å². The number of hydrogen-bond donors (Lipinski definition) is 0. The molecule has 2 saturated carbocycles. The van der Waals surface area contributed by atoms with Crippen molar-refractivity contribution in [3.63, 3.8) is 0 Å². The highest BCUT2D eigenvalue weighted by atomic mass is 35.7. The van der Waals surface area contributed by atoms with E-state index in [0.29, 0.717) is 0 Å². The van der Waals surface area contributed by atoms with Crippen LogP contribution in [-0.2, 0) is 47.6 Å². The fourth-order valence-corrected chi connectivity index (χ4v) is 17.4. The Hall–Kier alpha value is -8.34. The molecule has 14 heteroatoms. The number of hydrogen-bond acceptors (Lipinski definition) is 10. The zero-order valence-electron chi connectivity index (χ0n) is 54.8. The summed E-state index contributed by atoms with van der Waals surface area (Å²) >= 11 is 0. The first-order valence-corrected chi connectivity index (χ1v) is 35.8. The molecule has 6 aliphatic rings. The Kier molecular flexibility index (Phi) is 18.6. The summed E-state index contributed by atoms with van der Waals surface area (Å²) in [4.78, 5) is 5.38. The van der Waals surface area contributed by atoms with E-state index in [1.54, 1.807) is 0 Å². The van der Waals surface area contributed by atoms with Crippen LogP contribution in [0.15, 0.2) is 254 Å². The predicted octanol–water partition coefficient (Wildman–Crippen LogP) is 9.66. The summed E-state index contributed by atoms with van der Waals surface area (Å²) in [5, 5.41) is 5.15. The van der Waals surface area contributed by atoms with Gasteiger partial charge >= 0.3 is 0 Å². The van der Waals surface area contributed by atoms with Crippen molar-refractivity contribution in [2.24, 2.45) is 0 Å². The molecule has 9 aromatic carbocycles. The lowest BCUT2D eigenvalue weighted by molar-refractivity contribution is -2.00. The third-order valence-electron chi connectivity index (χ3n) is 21.4. The summed E-state index contributed by atoms with van der Waals surface area (Å²) in [5.41, 5.74) is 21.5. The van der Waals surface area contributed by atoms with Gasteiger partial charge in [0.2, 0.25) is 11.4 Å². The molecule has 0 saturated heterocycles. The van der Waals surface area contributed by atoms with Crippen LogP contribution in [-0.4, -0.2) is 34.7 Å². The number of para-hydroxylation sites is 2. The topological polar surface area (TPSA) is 197 Å². The summed E-state index contributed by atoms with van der Waals surface area (Å²) in [6.07, 6.45) is 29.1. The van der Waals surface area contributed by atoms with Gasteiger partial charge in [-0.2, -0.15) is 9.15 Å². The van der Waals surface area contributed by atoms with Crippen LogP contribution < -0.4 is 47.1 Å². The van der Waals surface area contributed by atoms with E-state index in [1.807, 2.05) is 0 Å². The smallest absolute Gasteiger partial charge is 0.209 e. The normalized spacial score (nSPS) is 21.0. The SMILES string of the molecule is C[N+]1=C(C=CC=C2N(Cc3ccc(CN4C(=CC=CC5=[N+](C)c6ccccc6C56CCCCC6)C(C)(Cc5ccccc5)c5ccc6ccccc6c54)cc3)c3c(ccc4ccccc34)C2(C)Cc2ccccc2)C2(CCCCC2)c2ccccc21.[O-][Cl+3]([O-])([O-])[O-].[O-][Cl+3]([O-])([O-])[O-]. The first-order valence-electron chi connectivity index (χ1n) is 33.3. The van der Waals surface area contributed by atoms with Crippen molar-refractivity contribution in [2.45, 2.75) is 126 Å². The molecule has 0 N–H and O–H groups in total. The third kappa shape index (κ3) is 13.0. The van der Waals surface area contributed by atoms with Gasteiger partial charge in [0.15, 0.2) is 11.4 Å². The molecule has 12 nitrogen and oxygen atoms in total. The Labute approximate surface area is 567 Å². The first kappa shape index (κ1) is 66.3. The molecule has 96 heavy (non-hydrogen) atoms. The molecule has 9 aromatic rings. The molecule has 2 spiro atoms. The zero-order chi connectivity index (χ0) is 67.0. The lowest BCUT2D eigenvalue weighted by Crippen LogP contribution is -2.68. The van der Waals surface area contributed by atoms with Gasteiger partial charge < -0.3 is 9.80 Å². The van der Waals surface area contributed by atoms with Crippen LogP contribution in [0.5, 0.6) is 0 Å². The maximum atomic E-state index is 8.49. The van der Waals surface area contributed by atoms with Gasteiger partial charge in [-0.3, -0.25) is 0 Å². The van der Waals surface area contributed by atoms with E-state index in [4.69, 9.17) is 37.3 Å². The largest absolute Gasteiger partial charge is 0.339 e. The van der Waals surface area contributed by atoms with Crippen molar-refractivity contribution in [1.82, 2.24) is 0 Å². The number of allylic oxidation sites excluding steroid dienone is 8. The average molecular weight is 1320 g/mol. The number of nitrogens with zero attached hydrogens (tertiary/aromatic N) is 4. The van der Waals surface area contributed by atoms with Crippen LogP contribution in [0.2, 0.25) is 0 Å². The van der Waals surface area contributed by atoms with Crippen LogP contribution >= 0.6 is 0 Å². The molecular weight excluding hydrogens is 1240 g/mol. The highest BCUT2D eigenvalue weighted by Crippen LogP contribution is 2.56. The third-order valence-corrected chi connectivity index (χ3v) is 21.4. The van der Waals surface area contributed by atoms with Crippen LogP contribution in [0, 0.1) is 20.5 Å². The molecule has 2 fully saturated rings. The lowest BCUT2D eigenvalue weighted by Gasteiger charge is -2.32. The van der Waals surface area contributed by atoms with Crippen molar-refractivity contribution >= 4 is 55.7 Å². The quantitative estimate of drug-likeness (QED) is 0.106. The zero-order valence-corrected chi connectivity index (χ0v) is 56.3. The number of halogens is 2. The van der Waals surface area contributed by atoms with Gasteiger partial charge in [0.25, 0.3) is 0 Å². The minimum Gasteiger partial charge on any atom is -0.339 e. The summed E-state index contributed by atoms with van der Waals surface area (Å²) in [6.45, 7) is 6.51. The Morgan fingerprint density at radius 3 is 1.08 bits per heavy atom. The maximum absolute atomic E-state index is 8.49. The molecule has 2 aliphatic carbocycles. The summed E-state index contributed by atoms with van der Waals surface area (Å²) in [6, 6.07) is 78.1. The maximum Gasteiger partial charge on any atom is 0.209 e. The molecule has 490 valence electrons. The van der Waals surface area contributed by atoms with Crippen molar-refractivity contribution in [1.29, 1.82) is 0 Å².